The van der Waals surface area contributed by atoms with Crippen LogP contribution in [0.3, 0.4) is 0 Å². The summed E-state index contributed by atoms with van der Waals surface area (Å²) in [6.07, 6.45) is 0.753. The number of cyclic esters (lactones) is 1. The Morgan fingerprint density at radius 3 is 2.65 bits per heavy atom. The van der Waals surface area contributed by atoms with Crippen LogP contribution >= 0.6 is 0 Å². The maximum absolute atomic E-state index is 12.3. The summed E-state index contributed by atoms with van der Waals surface area (Å²) >= 11 is 0. The lowest BCUT2D eigenvalue weighted by atomic mass is 10.2. The van der Waals surface area contributed by atoms with E-state index in [0.29, 0.717) is 32.8 Å². The van der Waals surface area contributed by atoms with Crippen LogP contribution in [0.2, 0.25) is 0 Å². The highest BCUT2D eigenvalue weighted by Gasteiger charge is 2.34. The zero-order valence-corrected chi connectivity index (χ0v) is 13.4. The van der Waals surface area contributed by atoms with E-state index in [1.807, 2.05) is 31.2 Å². The van der Waals surface area contributed by atoms with Gasteiger partial charge in [0.2, 0.25) is 0 Å². The summed E-state index contributed by atoms with van der Waals surface area (Å²) < 4.78 is 10.6. The predicted molar refractivity (Wildman–Crippen MR) is 84.2 cm³/mol. The number of hydrogen-bond donors (Lipinski definition) is 0. The normalized spacial score (nSPS) is 22.0. The van der Waals surface area contributed by atoms with Gasteiger partial charge in [-0.1, -0.05) is 18.2 Å². The van der Waals surface area contributed by atoms with Crippen molar-refractivity contribution in [2.75, 3.05) is 39.4 Å². The van der Waals surface area contributed by atoms with Gasteiger partial charge in [-0.25, -0.2) is 0 Å². The molecule has 0 N–H and O–H groups in total. The Hall–Kier alpha value is -2.08. The fraction of sp³-hybridized carbons (Fsp3) is 0.529. The second-order valence-corrected chi connectivity index (χ2v) is 5.94. The Morgan fingerprint density at radius 1 is 1.26 bits per heavy atom. The number of para-hydroxylation sites is 1. The number of esters is 1. The van der Waals surface area contributed by atoms with E-state index in [2.05, 4.69) is 4.90 Å². The standard InChI is InChI=1S/C17H22N2O4/c1-13-4-2-3-5-15(13)23-12-16(20)19-9-7-18(8-10-19)14-6-11-22-17(14)21/h2-5,14H,6-12H2,1H3/t14-/m0/s1. The number of piperazine rings is 1. The molecule has 0 spiro atoms. The van der Waals surface area contributed by atoms with Crippen LogP contribution in [0.4, 0.5) is 0 Å². The molecule has 2 fully saturated rings. The Balaban J connectivity index is 1.47. The molecule has 3 rings (SSSR count). The largest absolute Gasteiger partial charge is 0.484 e. The van der Waals surface area contributed by atoms with E-state index in [4.69, 9.17) is 9.47 Å². The molecule has 2 heterocycles. The topological polar surface area (TPSA) is 59.1 Å². The lowest BCUT2D eigenvalue weighted by Gasteiger charge is -2.36. The second kappa shape index (κ2) is 7.00. The van der Waals surface area contributed by atoms with Crippen molar-refractivity contribution in [1.29, 1.82) is 0 Å². The van der Waals surface area contributed by atoms with Crippen molar-refractivity contribution in [1.82, 2.24) is 9.80 Å². The number of carbonyl (C=O) groups is 2. The van der Waals surface area contributed by atoms with Gasteiger partial charge in [-0.2, -0.15) is 0 Å². The molecule has 6 nitrogen and oxygen atoms in total. The molecule has 1 aromatic rings. The highest BCUT2D eigenvalue weighted by molar-refractivity contribution is 5.79. The monoisotopic (exact) mass is 318 g/mol. The van der Waals surface area contributed by atoms with Gasteiger partial charge in [0.05, 0.1) is 6.61 Å². The van der Waals surface area contributed by atoms with Crippen molar-refractivity contribution in [3.63, 3.8) is 0 Å². The maximum Gasteiger partial charge on any atom is 0.323 e. The second-order valence-electron chi connectivity index (χ2n) is 5.94. The molecule has 1 atom stereocenters. The Bertz CT molecular complexity index is 582. The first-order chi connectivity index (χ1) is 11.1. The molecule has 2 saturated heterocycles. The third kappa shape index (κ3) is 3.64. The number of benzene rings is 1. The van der Waals surface area contributed by atoms with Crippen LogP contribution in [0.1, 0.15) is 12.0 Å². The molecule has 0 unspecified atom stereocenters. The smallest absolute Gasteiger partial charge is 0.323 e. The number of aryl methyl sites for hydroxylation is 1. The third-order valence-corrected chi connectivity index (χ3v) is 4.46. The Labute approximate surface area is 136 Å². The van der Waals surface area contributed by atoms with Gasteiger partial charge < -0.3 is 14.4 Å². The van der Waals surface area contributed by atoms with Crippen LogP contribution in [0, 0.1) is 6.92 Å². The highest BCUT2D eigenvalue weighted by atomic mass is 16.5. The molecule has 2 aliphatic rings. The maximum atomic E-state index is 12.3. The van der Waals surface area contributed by atoms with Crippen LogP contribution in [0.25, 0.3) is 0 Å². The summed E-state index contributed by atoms with van der Waals surface area (Å²) in [4.78, 5) is 27.8. The molecule has 1 aromatic carbocycles. The first-order valence-electron chi connectivity index (χ1n) is 8.02. The fourth-order valence-electron chi connectivity index (χ4n) is 3.05. The SMILES string of the molecule is Cc1ccccc1OCC(=O)N1CCN([C@H]2CCOC2=O)CC1. The van der Waals surface area contributed by atoms with E-state index < -0.39 is 0 Å². The Morgan fingerprint density at radius 2 is 2.00 bits per heavy atom. The van der Waals surface area contributed by atoms with Crippen molar-refractivity contribution < 1.29 is 19.1 Å². The van der Waals surface area contributed by atoms with Gasteiger partial charge in [-0.05, 0) is 18.6 Å². The summed E-state index contributed by atoms with van der Waals surface area (Å²) in [7, 11) is 0. The zero-order valence-electron chi connectivity index (χ0n) is 13.4. The van der Waals surface area contributed by atoms with Crippen LogP contribution in [0.5, 0.6) is 5.75 Å². The van der Waals surface area contributed by atoms with E-state index in [1.165, 1.54) is 0 Å². The van der Waals surface area contributed by atoms with Crippen LogP contribution in [0.15, 0.2) is 24.3 Å². The summed E-state index contributed by atoms with van der Waals surface area (Å²) in [6.45, 7) is 5.17. The van der Waals surface area contributed by atoms with Crippen molar-refractivity contribution in [2.45, 2.75) is 19.4 Å². The number of hydrogen-bond acceptors (Lipinski definition) is 5. The number of amides is 1. The Kier molecular flexibility index (Phi) is 4.81. The molecule has 0 radical (unpaired) electrons. The van der Waals surface area contributed by atoms with Crippen molar-refractivity contribution in [3.05, 3.63) is 29.8 Å². The number of rotatable bonds is 4. The van der Waals surface area contributed by atoms with Gasteiger partial charge in [0.25, 0.3) is 5.91 Å². The number of ether oxygens (including phenoxy) is 2. The van der Waals surface area contributed by atoms with Gasteiger partial charge in [0, 0.05) is 32.6 Å². The summed E-state index contributed by atoms with van der Waals surface area (Å²) in [6, 6.07) is 7.53. The molecule has 0 aliphatic carbocycles. The molecule has 0 bridgehead atoms. The van der Waals surface area contributed by atoms with E-state index in [9.17, 15) is 9.59 Å². The molecule has 0 aromatic heterocycles. The molecule has 23 heavy (non-hydrogen) atoms. The first kappa shape index (κ1) is 15.8. The van der Waals surface area contributed by atoms with Gasteiger partial charge in [0.15, 0.2) is 6.61 Å². The lowest BCUT2D eigenvalue weighted by molar-refractivity contribution is -0.143. The van der Waals surface area contributed by atoms with Gasteiger partial charge in [-0.15, -0.1) is 0 Å². The van der Waals surface area contributed by atoms with Crippen LogP contribution < -0.4 is 4.74 Å². The van der Waals surface area contributed by atoms with Gasteiger partial charge in [-0.3, -0.25) is 14.5 Å². The molecule has 1 amide bonds. The predicted octanol–water partition coefficient (Wildman–Crippen LogP) is 0.834. The minimum absolute atomic E-state index is 0.0121. The average molecular weight is 318 g/mol. The average Bonchev–Trinajstić information content (AvgIpc) is 3.00. The van der Waals surface area contributed by atoms with Crippen LogP contribution in [-0.2, 0) is 14.3 Å². The van der Waals surface area contributed by atoms with Crippen molar-refractivity contribution in [2.24, 2.45) is 0 Å². The van der Waals surface area contributed by atoms with E-state index in [1.54, 1.807) is 4.90 Å². The quantitative estimate of drug-likeness (QED) is 0.770. The fourth-order valence-corrected chi connectivity index (χ4v) is 3.05. The molecule has 2 aliphatic heterocycles. The molecule has 6 heteroatoms. The molecular weight excluding hydrogens is 296 g/mol. The summed E-state index contributed by atoms with van der Waals surface area (Å²) in [5, 5.41) is 0. The third-order valence-electron chi connectivity index (χ3n) is 4.46. The molecule has 0 saturated carbocycles. The zero-order chi connectivity index (χ0) is 16.2. The molecular formula is C17H22N2O4. The van der Waals surface area contributed by atoms with Gasteiger partial charge in [0.1, 0.15) is 11.8 Å². The number of nitrogens with zero attached hydrogens (tertiary/aromatic N) is 2. The van der Waals surface area contributed by atoms with Gasteiger partial charge >= 0.3 is 5.97 Å². The van der Waals surface area contributed by atoms with Crippen molar-refractivity contribution >= 4 is 11.9 Å². The van der Waals surface area contributed by atoms with Crippen LogP contribution in [-0.4, -0.2) is 67.1 Å². The minimum atomic E-state index is -0.132. The van der Waals surface area contributed by atoms with Crippen molar-refractivity contribution in [3.8, 4) is 5.75 Å². The number of carbonyl (C=O) groups excluding carboxylic acids is 2. The van der Waals surface area contributed by atoms with E-state index in [0.717, 1.165) is 17.7 Å². The van der Waals surface area contributed by atoms with E-state index >= 15 is 0 Å². The van der Waals surface area contributed by atoms with E-state index in [-0.39, 0.29) is 24.5 Å². The minimum Gasteiger partial charge on any atom is -0.484 e. The lowest BCUT2D eigenvalue weighted by Crippen LogP contribution is -2.53. The molecule has 124 valence electrons. The first-order valence-corrected chi connectivity index (χ1v) is 8.02. The highest BCUT2D eigenvalue weighted by Crippen LogP contribution is 2.18. The summed E-state index contributed by atoms with van der Waals surface area (Å²) in [5.74, 6) is 0.600. The summed E-state index contributed by atoms with van der Waals surface area (Å²) in [5.41, 5.74) is 1.02.